The van der Waals surface area contributed by atoms with Crippen LogP contribution in [0.25, 0.3) is 4.96 Å². The van der Waals surface area contributed by atoms with E-state index in [9.17, 15) is 8.78 Å². The van der Waals surface area contributed by atoms with Crippen molar-refractivity contribution in [1.29, 1.82) is 0 Å². The predicted octanol–water partition coefficient (Wildman–Crippen LogP) is 3.57. The summed E-state index contributed by atoms with van der Waals surface area (Å²) in [5.74, 6) is -1.09. The number of imidazole rings is 1. The van der Waals surface area contributed by atoms with Crippen LogP contribution in [0.4, 0.5) is 8.78 Å². The van der Waals surface area contributed by atoms with E-state index in [1.165, 1.54) is 12.1 Å². The molecule has 0 aliphatic rings. The van der Waals surface area contributed by atoms with Gasteiger partial charge in [0.05, 0.1) is 5.69 Å². The van der Waals surface area contributed by atoms with Crippen molar-refractivity contribution in [2.24, 2.45) is 0 Å². The van der Waals surface area contributed by atoms with Gasteiger partial charge in [0.15, 0.2) is 4.96 Å². The third kappa shape index (κ3) is 2.96. The number of nitrogens with one attached hydrogen (secondary N) is 1. The first-order valence-corrected chi connectivity index (χ1v) is 7.64. The van der Waals surface area contributed by atoms with Crippen LogP contribution in [-0.2, 0) is 6.42 Å². The van der Waals surface area contributed by atoms with Gasteiger partial charge in [-0.3, -0.25) is 4.40 Å². The summed E-state index contributed by atoms with van der Waals surface area (Å²) < 4.78 is 29.0. The van der Waals surface area contributed by atoms with E-state index in [-0.39, 0.29) is 6.04 Å². The molecular formula is C15H15F2N3S. The largest absolute Gasteiger partial charge is 0.310 e. The number of thiazole rings is 1. The molecule has 0 fully saturated rings. The Kier molecular flexibility index (Phi) is 3.98. The van der Waals surface area contributed by atoms with E-state index in [0.29, 0.717) is 18.5 Å². The summed E-state index contributed by atoms with van der Waals surface area (Å²) >= 11 is 1.56. The Morgan fingerprint density at radius 2 is 2.24 bits per heavy atom. The molecule has 3 nitrogen and oxygen atoms in total. The second-order valence-electron chi connectivity index (χ2n) is 4.81. The second-order valence-corrected chi connectivity index (χ2v) is 5.68. The van der Waals surface area contributed by atoms with Gasteiger partial charge in [-0.15, -0.1) is 11.3 Å². The highest BCUT2D eigenvalue weighted by Gasteiger charge is 2.17. The Morgan fingerprint density at radius 1 is 1.38 bits per heavy atom. The molecule has 3 rings (SSSR count). The molecule has 110 valence electrons. The standard InChI is InChI=1S/C15H15F2N3S/c1-2-18-14(12-4-3-10(16)7-13(12)17)8-11-9-20-5-6-21-15(20)19-11/h3-7,9,14,18H,2,8H2,1H3. The van der Waals surface area contributed by atoms with Crippen LogP contribution in [-0.4, -0.2) is 15.9 Å². The minimum Gasteiger partial charge on any atom is -0.310 e. The van der Waals surface area contributed by atoms with Crippen LogP contribution in [0.1, 0.15) is 24.2 Å². The molecule has 0 spiro atoms. The molecule has 3 aromatic rings. The van der Waals surface area contributed by atoms with E-state index < -0.39 is 11.6 Å². The molecular weight excluding hydrogens is 292 g/mol. The summed E-state index contributed by atoms with van der Waals surface area (Å²) in [6, 6.07) is 3.48. The van der Waals surface area contributed by atoms with Gasteiger partial charge in [0.2, 0.25) is 0 Å². The summed E-state index contributed by atoms with van der Waals surface area (Å²) in [4.78, 5) is 5.43. The van der Waals surface area contributed by atoms with Crippen molar-refractivity contribution in [2.75, 3.05) is 6.54 Å². The Bertz CT molecular complexity index is 722. The summed E-state index contributed by atoms with van der Waals surface area (Å²) in [7, 11) is 0. The van der Waals surface area contributed by atoms with Crippen molar-refractivity contribution in [3.63, 3.8) is 0 Å². The van der Waals surface area contributed by atoms with Gasteiger partial charge in [-0.05, 0) is 12.6 Å². The molecule has 1 aromatic carbocycles. The van der Waals surface area contributed by atoms with Crippen molar-refractivity contribution < 1.29 is 8.78 Å². The Labute approximate surface area is 125 Å². The first kappa shape index (κ1) is 14.2. The van der Waals surface area contributed by atoms with Crippen LogP contribution in [0.3, 0.4) is 0 Å². The van der Waals surface area contributed by atoms with E-state index in [2.05, 4.69) is 10.3 Å². The quantitative estimate of drug-likeness (QED) is 0.781. The van der Waals surface area contributed by atoms with Crippen LogP contribution in [0, 0.1) is 11.6 Å². The summed E-state index contributed by atoms with van der Waals surface area (Å²) in [6.45, 7) is 2.66. The smallest absolute Gasteiger partial charge is 0.193 e. The molecule has 21 heavy (non-hydrogen) atoms. The lowest BCUT2D eigenvalue weighted by atomic mass is 10.0. The molecule has 6 heteroatoms. The van der Waals surface area contributed by atoms with E-state index in [1.54, 1.807) is 11.3 Å². The number of benzene rings is 1. The van der Waals surface area contributed by atoms with Gasteiger partial charge < -0.3 is 5.32 Å². The van der Waals surface area contributed by atoms with Crippen molar-refractivity contribution >= 4 is 16.3 Å². The number of likely N-dealkylation sites (N-methyl/N-ethyl adjacent to an activating group) is 1. The summed E-state index contributed by atoms with van der Waals surface area (Å²) in [5, 5.41) is 5.20. The average Bonchev–Trinajstić information content (AvgIpc) is 2.99. The zero-order valence-corrected chi connectivity index (χ0v) is 12.3. The van der Waals surface area contributed by atoms with E-state index in [0.717, 1.165) is 16.7 Å². The van der Waals surface area contributed by atoms with E-state index in [1.807, 2.05) is 29.1 Å². The maximum Gasteiger partial charge on any atom is 0.193 e. The van der Waals surface area contributed by atoms with Crippen molar-refractivity contribution in [3.05, 3.63) is 58.9 Å². The van der Waals surface area contributed by atoms with Crippen molar-refractivity contribution in [2.45, 2.75) is 19.4 Å². The molecule has 0 aliphatic carbocycles. The first-order chi connectivity index (χ1) is 10.2. The molecule has 2 aromatic heterocycles. The van der Waals surface area contributed by atoms with Crippen molar-refractivity contribution in [3.8, 4) is 0 Å². The molecule has 0 saturated carbocycles. The average molecular weight is 307 g/mol. The van der Waals surface area contributed by atoms with Gasteiger partial charge in [-0.25, -0.2) is 13.8 Å². The highest BCUT2D eigenvalue weighted by atomic mass is 32.1. The third-order valence-electron chi connectivity index (χ3n) is 3.34. The number of hydrogen-bond donors (Lipinski definition) is 1. The zero-order chi connectivity index (χ0) is 14.8. The molecule has 0 saturated heterocycles. The van der Waals surface area contributed by atoms with Crippen LogP contribution >= 0.6 is 11.3 Å². The number of aromatic nitrogens is 2. The van der Waals surface area contributed by atoms with Gasteiger partial charge >= 0.3 is 0 Å². The molecule has 1 N–H and O–H groups in total. The maximum atomic E-state index is 14.0. The van der Waals surface area contributed by atoms with Gasteiger partial charge in [-0.1, -0.05) is 13.0 Å². The zero-order valence-electron chi connectivity index (χ0n) is 11.5. The Hall–Kier alpha value is -1.79. The molecule has 1 unspecified atom stereocenters. The number of fused-ring (bicyclic) bond motifs is 1. The maximum absolute atomic E-state index is 14.0. The number of hydrogen-bond acceptors (Lipinski definition) is 3. The summed E-state index contributed by atoms with van der Waals surface area (Å²) in [5.41, 5.74) is 1.35. The number of halogens is 2. The Morgan fingerprint density at radius 3 is 2.95 bits per heavy atom. The SMILES string of the molecule is CCNC(Cc1cn2ccsc2n1)c1ccc(F)cc1F. The topological polar surface area (TPSA) is 29.3 Å². The fraction of sp³-hybridized carbons (Fsp3) is 0.267. The van der Waals surface area contributed by atoms with Gasteiger partial charge in [0.25, 0.3) is 0 Å². The van der Waals surface area contributed by atoms with Crippen molar-refractivity contribution in [1.82, 2.24) is 14.7 Å². The molecule has 1 atom stereocenters. The second kappa shape index (κ2) is 5.91. The van der Waals surface area contributed by atoms with Gasteiger partial charge in [-0.2, -0.15) is 0 Å². The minimum atomic E-state index is -0.561. The van der Waals surface area contributed by atoms with Crippen LogP contribution < -0.4 is 5.32 Å². The summed E-state index contributed by atoms with van der Waals surface area (Å²) in [6.07, 6.45) is 4.44. The van der Waals surface area contributed by atoms with Gasteiger partial charge in [0, 0.05) is 41.9 Å². The number of nitrogens with zero attached hydrogens (tertiary/aromatic N) is 2. The van der Waals surface area contributed by atoms with Gasteiger partial charge in [0.1, 0.15) is 11.6 Å². The van der Waals surface area contributed by atoms with E-state index >= 15 is 0 Å². The normalized spacial score (nSPS) is 12.9. The first-order valence-electron chi connectivity index (χ1n) is 6.76. The van der Waals surface area contributed by atoms with E-state index in [4.69, 9.17) is 0 Å². The highest BCUT2D eigenvalue weighted by Crippen LogP contribution is 2.23. The van der Waals surface area contributed by atoms with Crippen LogP contribution in [0.5, 0.6) is 0 Å². The number of rotatable bonds is 5. The minimum absolute atomic E-state index is 0.222. The van der Waals surface area contributed by atoms with Crippen LogP contribution in [0.15, 0.2) is 36.0 Å². The monoisotopic (exact) mass is 307 g/mol. The predicted molar refractivity (Wildman–Crippen MR) is 79.5 cm³/mol. The third-order valence-corrected chi connectivity index (χ3v) is 4.12. The molecule has 0 bridgehead atoms. The molecule has 2 heterocycles. The molecule has 0 radical (unpaired) electrons. The Balaban J connectivity index is 1.88. The lowest BCUT2D eigenvalue weighted by Gasteiger charge is -2.18. The van der Waals surface area contributed by atoms with Crippen LogP contribution in [0.2, 0.25) is 0 Å². The lowest BCUT2D eigenvalue weighted by molar-refractivity contribution is 0.499. The highest BCUT2D eigenvalue weighted by molar-refractivity contribution is 7.15. The molecule has 0 amide bonds. The fourth-order valence-electron chi connectivity index (χ4n) is 2.41. The fourth-order valence-corrected chi connectivity index (χ4v) is 3.13. The lowest BCUT2D eigenvalue weighted by Crippen LogP contribution is -2.24. The molecule has 0 aliphatic heterocycles.